The molecule has 4 nitrogen and oxygen atoms in total. The summed E-state index contributed by atoms with van der Waals surface area (Å²) < 4.78 is 10.9. The Kier molecular flexibility index (Phi) is 8.00. The molecule has 140 valence electrons. The van der Waals surface area contributed by atoms with Crippen molar-refractivity contribution in [2.45, 2.75) is 39.2 Å². The second-order valence-corrected chi connectivity index (χ2v) is 6.79. The van der Waals surface area contributed by atoms with Gasteiger partial charge in [0.05, 0.1) is 19.8 Å². The number of benzene rings is 2. The lowest BCUT2D eigenvalue weighted by atomic mass is 9.96. The van der Waals surface area contributed by atoms with Gasteiger partial charge in [0.1, 0.15) is 11.5 Å². The van der Waals surface area contributed by atoms with Gasteiger partial charge in [-0.15, -0.1) is 0 Å². The van der Waals surface area contributed by atoms with Crippen LogP contribution in [0.25, 0.3) is 0 Å². The number of nitrogens with one attached hydrogen (secondary N) is 1. The first-order valence-electron chi connectivity index (χ1n) is 9.19. The zero-order valence-electron chi connectivity index (χ0n) is 15.9. The fourth-order valence-electron chi connectivity index (χ4n) is 2.79. The van der Waals surface area contributed by atoms with Gasteiger partial charge in [0, 0.05) is 6.42 Å². The van der Waals surface area contributed by atoms with Crippen molar-refractivity contribution < 1.29 is 14.3 Å². The molecular weight excluding hydrogens is 326 g/mol. The maximum absolute atomic E-state index is 12.4. The molecule has 2 aromatic rings. The minimum Gasteiger partial charge on any atom is -0.497 e. The molecule has 2 aromatic carbocycles. The van der Waals surface area contributed by atoms with E-state index in [1.54, 1.807) is 7.11 Å². The van der Waals surface area contributed by atoms with E-state index in [-0.39, 0.29) is 11.9 Å². The van der Waals surface area contributed by atoms with Crippen LogP contribution in [0.2, 0.25) is 0 Å². The van der Waals surface area contributed by atoms with Gasteiger partial charge in [0.2, 0.25) is 5.91 Å². The number of amides is 1. The first-order chi connectivity index (χ1) is 12.6. The van der Waals surface area contributed by atoms with Gasteiger partial charge in [-0.3, -0.25) is 4.79 Å². The third-order valence-corrected chi connectivity index (χ3v) is 4.12. The van der Waals surface area contributed by atoms with Crippen molar-refractivity contribution >= 4 is 5.91 Å². The number of ether oxygens (including phenoxy) is 2. The lowest BCUT2D eigenvalue weighted by Crippen LogP contribution is -2.29. The SMILES string of the molecule is COc1ccc([C@H](CC(C)C)NC(=O)CCCOc2ccccc2)cc1. The number of methoxy groups -OCH3 is 1. The fourth-order valence-corrected chi connectivity index (χ4v) is 2.79. The van der Waals surface area contributed by atoms with E-state index in [2.05, 4.69) is 19.2 Å². The molecular formula is C22H29NO3. The van der Waals surface area contributed by atoms with E-state index in [0.717, 1.165) is 23.5 Å². The van der Waals surface area contributed by atoms with Gasteiger partial charge < -0.3 is 14.8 Å². The predicted octanol–water partition coefficient (Wildman–Crippen LogP) is 4.76. The molecule has 1 amide bonds. The van der Waals surface area contributed by atoms with E-state index in [9.17, 15) is 4.79 Å². The Morgan fingerprint density at radius 2 is 1.69 bits per heavy atom. The van der Waals surface area contributed by atoms with Gasteiger partial charge in [-0.25, -0.2) is 0 Å². The maximum atomic E-state index is 12.4. The summed E-state index contributed by atoms with van der Waals surface area (Å²) in [6.07, 6.45) is 2.05. The monoisotopic (exact) mass is 355 g/mol. The Morgan fingerprint density at radius 3 is 2.31 bits per heavy atom. The minimum atomic E-state index is 0.0171. The molecule has 0 saturated carbocycles. The van der Waals surface area contributed by atoms with Crippen LogP contribution in [0.1, 0.15) is 44.7 Å². The molecule has 0 aliphatic rings. The molecule has 0 radical (unpaired) electrons. The van der Waals surface area contributed by atoms with Crippen LogP contribution in [0.4, 0.5) is 0 Å². The van der Waals surface area contributed by atoms with Crippen molar-refractivity contribution in [2.75, 3.05) is 13.7 Å². The van der Waals surface area contributed by atoms with Crippen LogP contribution >= 0.6 is 0 Å². The average molecular weight is 355 g/mol. The quantitative estimate of drug-likeness (QED) is 0.625. The Bertz CT molecular complexity index is 653. The molecule has 1 atom stereocenters. The third-order valence-electron chi connectivity index (χ3n) is 4.12. The summed E-state index contributed by atoms with van der Waals surface area (Å²) in [5.41, 5.74) is 1.10. The Hall–Kier alpha value is -2.49. The van der Waals surface area contributed by atoms with E-state index in [0.29, 0.717) is 25.4 Å². The zero-order valence-corrected chi connectivity index (χ0v) is 15.9. The predicted molar refractivity (Wildman–Crippen MR) is 105 cm³/mol. The molecule has 26 heavy (non-hydrogen) atoms. The molecule has 0 fully saturated rings. The summed E-state index contributed by atoms with van der Waals surface area (Å²) in [6.45, 7) is 4.86. The molecule has 0 aromatic heterocycles. The molecule has 0 aliphatic heterocycles. The highest BCUT2D eigenvalue weighted by molar-refractivity contribution is 5.76. The van der Waals surface area contributed by atoms with Crippen molar-refractivity contribution in [1.29, 1.82) is 0 Å². The summed E-state index contributed by atoms with van der Waals surface area (Å²) in [6, 6.07) is 17.6. The van der Waals surface area contributed by atoms with Crippen LogP contribution in [-0.4, -0.2) is 19.6 Å². The molecule has 0 saturated heterocycles. The van der Waals surface area contributed by atoms with Gasteiger partial charge in [0.15, 0.2) is 0 Å². The Morgan fingerprint density at radius 1 is 1.00 bits per heavy atom. The van der Waals surface area contributed by atoms with E-state index in [1.165, 1.54) is 0 Å². The number of hydrogen-bond acceptors (Lipinski definition) is 3. The van der Waals surface area contributed by atoms with Crippen LogP contribution in [0, 0.1) is 5.92 Å². The van der Waals surface area contributed by atoms with E-state index in [1.807, 2.05) is 54.6 Å². The highest BCUT2D eigenvalue weighted by Gasteiger charge is 2.16. The third kappa shape index (κ3) is 6.79. The first kappa shape index (κ1) is 19.8. The van der Waals surface area contributed by atoms with Gasteiger partial charge in [-0.05, 0) is 48.6 Å². The largest absolute Gasteiger partial charge is 0.497 e. The van der Waals surface area contributed by atoms with Crippen molar-refractivity contribution in [3.63, 3.8) is 0 Å². The molecule has 1 N–H and O–H groups in total. The minimum absolute atomic E-state index is 0.0171. The smallest absolute Gasteiger partial charge is 0.220 e. The fraction of sp³-hybridized carbons (Fsp3) is 0.409. The molecule has 0 heterocycles. The first-order valence-corrected chi connectivity index (χ1v) is 9.19. The van der Waals surface area contributed by atoms with Crippen LogP contribution < -0.4 is 14.8 Å². The highest BCUT2D eigenvalue weighted by atomic mass is 16.5. The standard InChI is InChI=1S/C22H29NO3/c1-17(2)16-21(18-11-13-19(25-3)14-12-18)23-22(24)10-7-15-26-20-8-5-4-6-9-20/h4-6,8-9,11-14,17,21H,7,10,15-16H2,1-3H3,(H,23,24)/t21-/m0/s1. The maximum Gasteiger partial charge on any atom is 0.220 e. The Labute approximate surface area is 156 Å². The second-order valence-electron chi connectivity index (χ2n) is 6.79. The molecule has 2 rings (SSSR count). The number of para-hydroxylation sites is 1. The summed E-state index contributed by atoms with van der Waals surface area (Å²) in [5, 5.41) is 3.17. The van der Waals surface area contributed by atoms with Crippen molar-refractivity contribution in [2.24, 2.45) is 5.92 Å². The molecule has 0 unspecified atom stereocenters. The number of carbonyl (C=O) groups excluding carboxylic acids is 1. The van der Waals surface area contributed by atoms with Crippen LogP contribution in [0.3, 0.4) is 0 Å². The normalized spacial score (nSPS) is 11.8. The molecule has 4 heteroatoms. The number of rotatable bonds is 10. The van der Waals surface area contributed by atoms with Gasteiger partial charge in [-0.2, -0.15) is 0 Å². The van der Waals surface area contributed by atoms with E-state index < -0.39 is 0 Å². The summed E-state index contributed by atoms with van der Waals surface area (Å²) in [7, 11) is 1.65. The van der Waals surface area contributed by atoms with Gasteiger partial charge >= 0.3 is 0 Å². The Balaban J connectivity index is 1.83. The lowest BCUT2D eigenvalue weighted by Gasteiger charge is -2.21. The van der Waals surface area contributed by atoms with E-state index >= 15 is 0 Å². The number of carbonyl (C=O) groups is 1. The summed E-state index contributed by atoms with van der Waals surface area (Å²) in [4.78, 5) is 12.4. The molecule has 0 spiro atoms. The zero-order chi connectivity index (χ0) is 18.8. The topological polar surface area (TPSA) is 47.6 Å². The van der Waals surface area contributed by atoms with Gasteiger partial charge in [0.25, 0.3) is 0 Å². The van der Waals surface area contributed by atoms with Crippen molar-refractivity contribution in [1.82, 2.24) is 5.32 Å². The van der Waals surface area contributed by atoms with Crippen molar-refractivity contribution in [3.05, 3.63) is 60.2 Å². The van der Waals surface area contributed by atoms with E-state index in [4.69, 9.17) is 9.47 Å². The van der Waals surface area contributed by atoms with Crippen molar-refractivity contribution in [3.8, 4) is 11.5 Å². The van der Waals surface area contributed by atoms with Crippen LogP contribution in [0.15, 0.2) is 54.6 Å². The van der Waals surface area contributed by atoms with Gasteiger partial charge in [-0.1, -0.05) is 44.2 Å². The summed E-state index contributed by atoms with van der Waals surface area (Å²) >= 11 is 0. The van der Waals surface area contributed by atoms with Crippen LogP contribution in [-0.2, 0) is 4.79 Å². The number of hydrogen-bond donors (Lipinski definition) is 1. The summed E-state index contributed by atoms with van der Waals surface area (Å²) in [5.74, 6) is 2.21. The van der Waals surface area contributed by atoms with Crippen LogP contribution in [0.5, 0.6) is 11.5 Å². The second kappa shape index (κ2) is 10.5. The average Bonchev–Trinajstić information content (AvgIpc) is 2.65. The highest BCUT2D eigenvalue weighted by Crippen LogP contribution is 2.23. The molecule has 0 bridgehead atoms. The molecule has 0 aliphatic carbocycles. The lowest BCUT2D eigenvalue weighted by molar-refractivity contribution is -0.122.